The number of nitro benzene ring substituents is 1. The first-order chi connectivity index (χ1) is 10.3. The van der Waals surface area contributed by atoms with Crippen molar-refractivity contribution < 1.29 is 14.5 Å². The highest BCUT2D eigenvalue weighted by Crippen LogP contribution is 2.22. The van der Waals surface area contributed by atoms with Crippen molar-refractivity contribution in [1.82, 2.24) is 10.2 Å². The number of nitrogens with zero attached hydrogens (tertiary/aromatic N) is 2. The Morgan fingerprint density at radius 3 is 2.50 bits per heavy atom. The van der Waals surface area contributed by atoms with Crippen LogP contribution in [0, 0.1) is 17.0 Å². The normalized spacial score (nSPS) is 10.4. The van der Waals surface area contributed by atoms with Crippen LogP contribution < -0.4 is 5.32 Å². The van der Waals surface area contributed by atoms with Crippen molar-refractivity contribution in [3.8, 4) is 0 Å². The Balaban J connectivity index is 3.00. The number of carbonyl (C=O) groups is 2. The summed E-state index contributed by atoms with van der Waals surface area (Å²) in [5, 5.41) is 13.7. The van der Waals surface area contributed by atoms with Gasteiger partial charge in [-0.2, -0.15) is 0 Å². The van der Waals surface area contributed by atoms with Gasteiger partial charge in [-0.1, -0.05) is 6.07 Å². The molecule has 0 aromatic heterocycles. The largest absolute Gasteiger partial charge is 0.352 e. The van der Waals surface area contributed by atoms with E-state index in [2.05, 4.69) is 5.32 Å². The molecular formula is C15H21N3O4. The van der Waals surface area contributed by atoms with Crippen LogP contribution in [0.25, 0.3) is 0 Å². The van der Waals surface area contributed by atoms with Gasteiger partial charge in [0.1, 0.15) is 0 Å². The first-order valence-corrected chi connectivity index (χ1v) is 7.10. The lowest BCUT2D eigenvalue weighted by molar-refractivity contribution is -0.385. The van der Waals surface area contributed by atoms with E-state index in [0.717, 1.165) is 0 Å². The summed E-state index contributed by atoms with van der Waals surface area (Å²) in [5.41, 5.74) is 0.446. The minimum Gasteiger partial charge on any atom is -0.352 e. The van der Waals surface area contributed by atoms with Gasteiger partial charge in [-0.05, 0) is 33.8 Å². The zero-order valence-corrected chi connectivity index (χ0v) is 13.3. The number of hydrogen-bond acceptors (Lipinski definition) is 4. The van der Waals surface area contributed by atoms with Crippen molar-refractivity contribution in [2.45, 2.75) is 33.7 Å². The lowest BCUT2D eigenvalue weighted by atomic mass is 10.1. The van der Waals surface area contributed by atoms with Crippen molar-refractivity contribution in [1.29, 1.82) is 0 Å². The topological polar surface area (TPSA) is 92.6 Å². The maximum Gasteiger partial charge on any atom is 0.273 e. The van der Waals surface area contributed by atoms with Gasteiger partial charge in [-0.15, -0.1) is 0 Å². The summed E-state index contributed by atoms with van der Waals surface area (Å²) in [7, 11) is 0. The molecule has 0 aliphatic carbocycles. The molecule has 7 nitrogen and oxygen atoms in total. The second-order valence-electron chi connectivity index (χ2n) is 5.25. The molecule has 0 heterocycles. The molecule has 0 unspecified atom stereocenters. The third-order valence-electron chi connectivity index (χ3n) is 3.19. The second-order valence-corrected chi connectivity index (χ2v) is 5.25. The number of hydrogen-bond donors (Lipinski definition) is 1. The molecule has 2 amide bonds. The van der Waals surface area contributed by atoms with E-state index in [9.17, 15) is 19.7 Å². The zero-order valence-electron chi connectivity index (χ0n) is 13.3. The number of likely N-dealkylation sites (N-methyl/N-ethyl adjacent to an activating group) is 1. The zero-order chi connectivity index (χ0) is 16.9. The van der Waals surface area contributed by atoms with E-state index in [1.54, 1.807) is 6.92 Å². The van der Waals surface area contributed by atoms with Crippen molar-refractivity contribution in [2.24, 2.45) is 0 Å². The molecule has 22 heavy (non-hydrogen) atoms. The molecule has 0 fully saturated rings. The summed E-state index contributed by atoms with van der Waals surface area (Å²) in [4.78, 5) is 36.1. The van der Waals surface area contributed by atoms with Gasteiger partial charge in [0.05, 0.1) is 11.5 Å². The summed E-state index contributed by atoms with van der Waals surface area (Å²) in [6.07, 6.45) is 0. The Kier molecular flexibility index (Phi) is 6.03. The van der Waals surface area contributed by atoms with Gasteiger partial charge in [0.25, 0.3) is 11.6 Å². The summed E-state index contributed by atoms with van der Waals surface area (Å²) in [6, 6.07) is 4.35. The monoisotopic (exact) mass is 307 g/mol. The van der Waals surface area contributed by atoms with Crippen LogP contribution in [-0.2, 0) is 4.79 Å². The quantitative estimate of drug-likeness (QED) is 0.641. The molecule has 1 aromatic carbocycles. The molecule has 0 radical (unpaired) electrons. The van der Waals surface area contributed by atoms with Gasteiger partial charge in [0, 0.05) is 29.8 Å². The molecule has 7 heteroatoms. The lowest BCUT2D eigenvalue weighted by Crippen LogP contribution is -2.42. The predicted octanol–water partition coefficient (Wildman–Crippen LogP) is 1.89. The van der Waals surface area contributed by atoms with E-state index in [-0.39, 0.29) is 35.7 Å². The highest BCUT2D eigenvalue weighted by atomic mass is 16.6. The maximum absolute atomic E-state index is 12.5. The standard InChI is InChI=1S/C15H21N3O4/c1-5-17(9-14(19)16-10(2)3)15(20)12-7-6-8-13(11(12)4)18(21)22/h6-8,10H,5,9H2,1-4H3,(H,16,19). The summed E-state index contributed by atoms with van der Waals surface area (Å²) in [6.45, 7) is 7.23. The Morgan fingerprint density at radius 2 is 2.00 bits per heavy atom. The number of nitro groups is 1. The smallest absolute Gasteiger partial charge is 0.273 e. The van der Waals surface area contributed by atoms with Gasteiger partial charge < -0.3 is 10.2 Å². The Morgan fingerprint density at radius 1 is 1.36 bits per heavy atom. The van der Waals surface area contributed by atoms with E-state index < -0.39 is 4.92 Å². The fraction of sp³-hybridized carbons (Fsp3) is 0.467. The summed E-state index contributed by atoms with van der Waals surface area (Å²) in [5.74, 6) is -0.643. The third kappa shape index (κ3) is 4.28. The molecule has 0 saturated carbocycles. The summed E-state index contributed by atoms with van der Waals surface area (Å²) < 4.78 is 0. The Labute approximate surface area is 129 Å². The van der Waals surface area contributed by atoms with Gasteiger partial charge in [-0.3, -0.25) is 19.7 Å². The van der Waals surface area contributed by atoms with Crippen LogP contribution in [0.1, 0.15) is 36.7 Å². The molecule has 0 bridgehead atoms. The molecule has 0 saturated heterocycles. The fourth-order valence-corrected chi connectivity index (χ4v) is 2.09. The molecular weight excluding hydrogens is 286 g/mol. The number of carbonyl (C=O) groups excluding carboxylic acids is 2. The van der Waals surface area contributed by atoms with Gasteiger partial charge in [0.2, 0.25) is 5.91 Å². The molecule has 0 aliphatic heterocycles. The minimum absolute atomic E-state index is 0.0131. The molecule has 120 valence electrons. The fourth-order valence-electron chi connectivity index (χ4n) is 2.09. The number of amides is 2. The van der Waals surface area contributed by atoms with Crippen LogP contribution in [0.2, 0.25) is 0 Å². The molecule has 1 rings (SSSR count). The Hall–Kier alpha value is -2.44. The third-order valence-corrected chi connectivity index (χ3v) is 3.19. The second kappa shape index (κ2) is 7.53. The average molecular weight is 307 g/mol. The van der Waals surface area contributed by atoms with Crippen LogP contribution >= 0.6 is 0 Å². The van der Waals surface area contributed by atoms with Gasteiger partial charge in [-0.25, -0.2) is 0 Å². The van der Waals surface area contributed by atoms with Crippen molar-refractivity contribution in [3.05, 3.63) is 39.4 Å². The minimum atomic E-state index is -0.520. The molecule has 0 atom stereocenters. The summed E-state index contributed by atoms with van der Waals surface area (Å²) >= 11 is 0. The van der Waals surface area contributed by atoms with Crippen LogP contribution in [0.5, 0.6) is 0 Å². The highest BCUT2D eigenvalue weighted by Gasteiger charge is 2.23. The van der Waals surface area contributed by atoms with Crippen LogP contribution in [0.15, 0.2) is 18.2 Å². The number of rotatable bonds is 6. The van der Waals surface area contributed by atoms with Gasteiger partial charge >= 0.3 is 0 Å². The van der Waals surface area contributed by atoms with E-state index >= 15 is 0 Å². The van der Waals surface area contributed by atoms with E-state index in [1.807, 2.05) is 13.8 Å². The molecule has 1 N–H and O–H groups in total. The highest BCUT2D eigenvalue weighted by molar-refractivity contribution is 5.98. The van der Waals surface area contributed by atoms with Crippen LogP contribution in [0.4, 0.5) is 5.69 Å². The van der Waals surface area contributed by atoms with Crippen LogP contribution in [0.3, 0.4) is 0 Å². The number of benzene rings is 1. The average Bonchev–Trinajstić information content (AvgIpc) is 2.43. The molecule has 0 aliphatic rings. The van der Waals surface area contributed by atoms with E-state index in [0.29, 0.717) is 12.1 Å². The van der Waals surface area contributed by atoms with Crippen LogP contribution in [-0.4, -0.2) is 40.8 Å². The predicted molar refractivity (Wildman–Crippen MR) is 82.7 cm³/mol. The van der Waals surface area contributed by atoms with Gasteiger partial charge in [0.15, 0.2) is 0 Å². The first-order valence-electron chi connectivity index (χ1n) is 7.10. The Bertz CT molecular complexity index is 584. The van der Waals surface area contributed by atoms with Crippen molar-refractivity contribution in [2.75, 3.05) is 13.1 Å². The maximum atomic E-state index is 12.5. The first kappa shape index (κ1) is 17.6. The van der Waals surface area contributed by atoms with Crippen molar-refractivity contribution in [3.63, 3.8) is 0 Å². The molecule has 0 spiro atoms. The lowest BCUT2D eigenvalue weighted by Gasteiger charge is -2.22. The van der Waals surface area contributed by atoms with Crippen molar-refractivity contribution >= 4 is 17.5 Å². The van der Waals surface area contributed by atoms with E-state index in [4.69, 9.17) is 0 Å². The SMILES string of the molecule is CCN(CC(=O)NC(C)C)C(=O)c1cccc([N+](=O)[O-])c1C. The van der Waals surface area contributed by atoms with E-state index in [1.165, 1.54) is 30.0 Å². The molecule has 1 aromatic rings. The number of nitrogens with one attached hydrogen (secondary N) is 1.